The Balaban J connectivity index is 1.63. The van der Waals surface area contributed by atoms with Crippen LogP contribution in [0, 0.1) is 0 Å². The largest absolute Gasteiger partial charge is 0.547 e. The van der Waals surface area contributed by atoms with Gasteiger partial charge in [0.2, 0.25) is 6.29 Å². The molecule has 0 unspecified atom stereocenters. The van der Waals surface area contributed by atoms with Gasteiger partial charge in [0.25, 0.3) is 0 Å². The van der Waals surface area contributed by atoms with Crippen molar-refractivity contribution in [3.63, 3.8) is 0 Å². The van der Waals surface area contributed by atoms with Crippen LogP contribution in [-0.4, -0.2) is 86.0 Å². The lowest BCUT2D eigenvalue weighted by atomic mass is 9.99. The molecule has 14 heteroatoms. The summed E-state index contributed by atoms with van der Waals surface area (Å²) in [5.41, 5.74) is -0.153. The number of hydrogen-bond acceptors (Lipinski definition) is 14. The first-order valence-electron chi connectivity index (χ1n) is 11.5. The summed E-state index contributed by atoms with van der Waals surface area (Å²) in [5, 5.41) is 70.9. The van der Waals surface area contributed by atoms with Crippen molar-refractivity contribution >= 4 is 11.9 Å². The number of aliphatic carboxylic acids is 1. The molecule has 1 saturated heterocycles. The summed E-state index contributed by atoms with van der Waals surface area (Å²) in [4.78, 5) is 34.3. The van der Waals surface area contributed by atoms with E-state index in [1.54, 1.807) is 0 Å². The summed E-state index contributed by atoms with van der Waals surface area (Å²) in [6.45, 7) is -0.719. The van der Waals surface area contributed by atoms with Crippen LogP contribution < -0.4 is 15.3 Å². The molecule has 39 heavy (non-hydrogen) atoms. The van der Waals surface area contributed by atoms with Gasteiger partial charge in [-0.15, -0.1) is 0 Å². The number of hydrogen-bond donors (Lipinski definition) is 6. The average molecular weight is 547 g/mol. The van der Waals surface area contributed by atoms with E-state index in [1.165, 1.54) is 30.3 Å². The van der Waals surface area contributed by atoms with Crippen molar-refractivity contribution in [1.82, 2.24) is 0 Å². The normalized spacial score (nSPS) is 23.7. The van der Waals surface area contributed by atoms with Crippen LogP contribution in [0.4, 0.5) is 0 Å². The fourth-order valence-electron chi connectivity index (χ4n) is 3.83. The maximum atomic E-state index is 11.9. The second-order valence-corrected chi connectivity index (χ2v) is 8.70. The number of carbonyl (C=O) groups is 2. The van der Waals surface area contributed by atoms with E-state index < -0.39 is 73.0 Å². The Morgan fingerprint density at radius 2 is 1.69 bits per heavy atom. The highest BCUT2D eigenvalue weighted by atomic mass is 16.7. The summed E-state index contributed by atoms with van der Waals surface area (Å²) >= 11 is 0. The van der Waals surface area contributed by atoms with E-state index in [0.29, 0.717) is 5.56 Å². The van der Waals surface area contributed by atoms with E-state index in [9.17, 15) is 50.1 Å². The number of phenolic OH excluding ortho intramolecular Hbond substituents is 2. The molecule has 2 aliphatic heterocycles. The van der Waals surface area contributed by atoms with Crippen molar-refractivity contribution in [3.8, 4) is 39.9 Å². The van der Waals surface area contributed by atoms with Crippen molar-refractivity contribution in [3.05, 3.63) is 52.7 Å². The molecule has 14 nitrogen and oxygen atoms in total. The van der Waals surface area contributed by atoms with Crippen molar-refractivity contribution in [1.29, 1.82) is 0 Å². The minimum Gasteiger partial charge on any atom is -0.547 e. The van der Waals surface area contributed by atoms with Crippen LogP contribution in [0.25, 0.3) is 22.6 Å². The van der Waals surface area contributed by atoms with Gasteiger partial charge in [-0.1, -0.05) is 0 Å². The molecule has 1 fully saturated rings. The van der Waals surface area contributed by atoms with Crippen molar-refractivity contribution in [2.75, 3.05) is 6.61 Å². The number of fused-ring (bicyclic) bond motifs is 1. The van der Waals surface area contributed by atoms with E-state index in [1.807, 2.05) is 0 Å². The third kappa shape index (κ3) is 6.10. The van der Waals surface area contributed by atoms with Gasteiger partial charge in [-0.25, -0.2) is 0 Å². The summed E-state index contributed by atoms with van der Waals surface area (Å²) in [6.07, 6.45) is -11.7. The van der Waals surface area contributed by atoms with Gasteiger partial charge >= 0.3 is 5.97 Å². The second kappa shape index (κ2) is 11.3. The van der Waals surface area contributed by atoms with Gasteiger partial charge in [0, 0.05) is 17.7 Å². The number of ether oxygens (including phenoxy) is 3. The zero-order valence-electron chi connectivity index (χ0n) is 19.9. The molecule has 6 N–H and O–H groups in total. The van der Waals surface area contributed by atoms with Crippen molar-refractivity contribution < 1.29 is 64.0 Å². The molecule has 3 aliphatic rings. The number of carboxylic acids is 1. The van der Waals surface area contributed by atoms with Gasteiger partial charge in [0.15, 0.2) is 16.9 Å². The first-order chi connectivity index (χ1) is 18.4. The Morgan fingerprint density at radius 1 is 1.00 bits per heavy atom. The molecule has 2 heterocycles. The smallest absolute Gasteiger partial charge is 0.308 e. The fourth-order valence-corrected chi connectivity index (χ4v) is 3.83. The topological polar surface area (TPSA) is 236 Å². The molecule has 0 spiro atoms. The average Bonchev–Trinajstić information content (AvgIpc) is 2.88. The molecule has 1 aromatic rings. The van der Waals surface area contributed by atoms with Crippen molar-refractivity contribution in [2.45, 2.75) is 43.2 Å². The molecule has 208 valence electrons. The standard InChI is InChI=1S/C25H24O14/c26-11-3-1-10(2-4-11)23-17(7-13-14(28)5-12(27)6-16(13)37-23)38-25-22(33)21(32)20(31)18(39-25)9-36-19(30)8-15(29)24(34)35/h1-7,15,18,20-22,25-26,28-29,31-33H,8-9H2,(H,34,35)/p-1/t15-,18-,20-,21+,22-,25-/m1/s1. The SMILES string of the molecule is O=C(C[C@@H](O)C(=O)[O-])OC[C@H]1O[C@@H](Oc2cc3c(O)cc(=O)cc-3oc2-c2ccc(O)cc2)[C@H](O)[C@@H](O)[C@@H]1O. The molecule has 1 aliphatic carbocycles. The molecule has 0 aromatic heterocycles. The van der Waals surface area contributed by atoms with Crippen LogP contribution in [-0.2, 0) is 19.1 Å². The molecular weight excluding hydrogens is 524 g/mol. The van der Waals surface area contributed by atoms with E-state index in [2.05, 4.69) is 0 Å². The molecule has 4 rings (SSSR count). The van der Waals surface area contributed by atoms with Crippen LogP contribution in [0.15, 0.2) is 51.7 Å². The number of carbonyl (C=O) groups excluding carboxylic acids is 2. The molecule has 0 amide bonds. The molecular formula is C25H23O14-. The van der Waals surface area contributed by atoms with Crippen molar-refractivity contribution in [2.24, 2.45) is 0 Å². The Bertz CT molecular complexity index is 1370. The minimum atomic E-state index is -2.12. The van der Waals surface area contributed by atoms with E-state index in [-0.39, 0.29) is 28.6 Å². The van der Waals surface area contributed by atoms with Crippen LogP contribution >= 0.6 is 0 Å². The molecule has 0 bridgehead atoms. The van der Waals surface area contributed by atoms with Crippen LogP contribution in [0.1, 0.15) is 6.42 Å². The summed E-state index contributed by atoms with van der Waals surface area (Å²) in [5.74, 6) is -3.75. The van der Waals surface area contributed by atoms with Crippen LogP contribution in [0.3, 0.4) is 0 Å². The highest BCUT2D eigenvalue weighted by Crippen LogP contribution is 2.41. The lowest BCUT2D eigenvalue weighted by Gasteiger charge is -2.40. The third-order valence-corrected chi connectivity index (χ3v) is 5.89. The fraction of sp³-hybridized carbons (Fsp3) is 0.320. The zero-order chi connectivity index (χ0) is 28.4. The number of esters is 1. The monoisotopic (exact) mass is 547 g/mol. The Labute approximate surface area is 218 Å². The van der Waals surface area contributed by atoms with Gasteiger partial charge in [0.05, 0.1) is 18.0 Å². The number of carboxylic acid groups (broad SMARTS) is 1. The van der Waals surface area contributed by atoms with Gasteiger partial charge in [-0.05, 0) is 30.3 Å². The maximum absolute atomic E-state index is 11.9. The molecule has 0 radical (unpaired) electrons. The summed E-state index contributed by atoms with van der Waals surface area (Å²) < 4.78 is 21.9. The lowest BCUT2D eigenvalue weighted by Crippen LogP contribution is -2.60. The first kappa shape index (κ1) is 27.8. The van der Waals surface area contributed by atoms with E-state index >= 15 is 0 Å². The van der Waals surface area contributed by atoms with Gasteiger partial charge in [-0.2, -0.15) is 0 Å². The predicted octanol–water partition coefficient (Wildman–Crippen LogP) is -1.95. The quantitative estimate of drug-likeness (QED) is 0.168. The lowest BCUT2D eigenvalue weighted by molar-refractivity contribution is -0.315. The van der Waals surface area contributed by atoms with Gasteiger partial charge in [-0.3, -0.25) is 9.59 Å². The van der Waals surface area contributed by atoms with E-state index in [0.717, 1.165) is 12.1 Å². The van der Waals surface area contributed by atoms with E-state index in [4.69, 9.17) is 18.6 Å². The highest BCUT2D eigenvalue weighted by molar-refractivity contribution is 5.79. The van der Waals surface area contributed by atoms with Gasteiger partial charge < -0.3 is 59.2 Å². The number of phenols is 2. The number of rotatable bonds is 8. The molecule has 1 aromatic carbocycles. The van der Waals surface area contributed by atoms with Crippen LogP contribution in [0.2, 0.25) is 0 Å². The molecule has 6 atom stereocenters. The minimum absolute atomic E-state index is 0.0143. The number of aliphatic hydroxyl groups excluding tert-OH is 4. The first-order valence-corrected chi connectivity index (χ1v) is 11.5. The maximum Gasteiger partial charge on any atom is 0.308 e. The Hall–Kier alpha value is -4.21. The molecule has 0 saturated carbocycles. The second-order valence-electron chi connectivity index (χ2n) is 8.70. The highest BCUT2D eigenvalue weighted by Gasteiger charge is 2.46. The third-order valence-electron chi connectivity index (χ3n) is 5.89. The summed E-state index contributed by atoms with van der Waals surface area (Å²) in [6, 6.07) is 8.93. The number of aromatic hydroxyl groups is 2. The van der Waals surface area contributed by atoms with Crippen LogP contribution in [0.5, 0.6) is 17.2 Å². The zero-order valence-corrected chi connectivity index (χ0v) is 19.9. The number of benzene rings is 2. The summed E-state index contributed by atoms with van der Waals surface area (Å²) in [7, 11) is 0. The Kier molecular flexibility index (Phi) is 8.03. The van der Waals surface area contributed by atoms with Gasteiger partial charge in [0.1, 0.15) is 54.4 Å². The number of aliphatic hydroxyl groups is 4. The predicted molar refractivity (Wildman–Crippen MR) is 124 cm³/mol. The Morgan fingerprint density at radius 3 is 2.36 bits per heavy atom.